The Bertz CT molecular complexity index is 4460. The van der Waals surface area contributed by atoms with E-state index in [9.17, 15) is 29.4 Å². The van der Waals surface area contributed by atoms with Crippen LogP contribution in [0.25, 0.3) is 0 Å². The summed E-state index contributed by atoms with van der Waals surface area (Å²) in [5.74, 6) is -9.84. The van der Waals surface area contributed by atoms with Gasteiger partial charge in [0.25, 0.3) is 5.91 Å². The molecule has 2 aromatic carbocycles. The van der Waals surface area contributed by atoms with Crippen LogP contribution in [0.2, 0.25) is 0 Å². The molecule has 120 heavy (non-hydrogen) atoms. The zero-order valence-electron chi connectivity index (χ0n) is 69.2. The summed E-state index contributed by atoms with van der Waals surface area (Å²) >= 11 is 0. The van der Waals surface area contributed by atoms with Crippen LogP contribution in [0.5, 0.6) is 0 Å². The summed E-state index contributed by atoms with van der Waals surface area (Å²) in [4.78, 5) is 195. The van der Waals surface area contributed by atoms with Crippen molar-refractivity contribution in [3.63, 3.8) is 0 Å². The number of ketones is 2. The number of alkyl carbamates (subject to hydrolysis) is 1. The summed E-state index contributed by atoms with van der Waals surface area (Å²) in [5, 5.41) is 49.5. The quantitative estimate of drug-likeness (QED) is 0.0268. The monoisotopic (exact) mass is 1700 g/mol. The summed E-state index contributed by atoms with van der Waals surface area (Å²) in [5.41, 5.74) is -0.139. The zero-order chi connectivity index (χ0) is 85.7. The minimum atomic E-state index is -1.84. The molecule has 4 aliphatic heterocycles. The number of rotatable bonds is 23. The Hall–Kier alpha value is -9.76. The molecule has 0 radical (unpaired) electrons. The first kappa shape index (κ1) is 89.5. The van der Waals surface area contributed by atoms with Crippen molar-refractivity contribution in [1.29, 1.82) is 0 Å². The number of aliphatic hydroxyl groups is 2. The number of fused-ring (bicyclic) bond motifs is 6. The lowest BCUT2D eigenvalue weighted by Crippen LogP contribution is -2.62. The number of hydrogen-bond donors (Lipinski definition) is 11. The Kier molecular flexibility index (Phi) is 29.7. The van der Waals surface area contributed by atoms with E-state index in [-0.39, 0.29) is 133 Å². The number of allylic oxidation sites excluding steroid dienone is 3. The van der Waals surface area contributed by atoms with Crippen LogP contribution < -0.4 is 52.4 Å². The van der Waals surface area contributed by atoms with Gasteiger partial charge in [0.15, 0.2) is 36.2 Å². The lowest BCUT2D eigenvalue weighted by molar-refractivity contribution is -0.671. The van der Waals surface area contributed by atoms with E-state index in [2.05, 4.69) is 47.9 Å². The van der Waals surface area contributed by atoms with E-state index in [1.54, 1.807) is 130 Å². The molecule has 32 heteroatoms. The van der Waals surface area contributed by atoms with Gasteiger partial charge in [-0.1, -0.05) is 119 Å². The van der Waals surface area contributed by atoms with E-state index in [4.69, 9.17) is 14.2 Å². The van der Waals surface area contributed by atoms with Gasteiger partial charge >= 0.3 is 12.1 Å². The van der Waals surface area contributed by atoms with E-state index in [0.717, 1.165) is 27.2 Å². The maximum absolute atomic E-state index is 15.7. The van der Waals surface area contributed by atoms with E-state index in [1.807, 2.05) is 31.2 Å². The van der Waals surface area contributed by atoms with Crippen molar-refractivity contribution < 1.29 is 94.2 Å². The number of nitrogens with zero attached hydrogens (tertiary/aromatic N) is 3. The standard InChI is InChI=1S/C88H114N12O18S2.2H2/c1-51(101)74-81(111)95-67(72(104)48-117-84(114)88(116-7)36-35-61-60-33-31-54-43-57(102)32-34-59(54)73(60)71(103)45-87(61,88)5)49-119-120-50-68(96-77(107)65(42-53-23-12-9-13-24-53)94-80(110)69-29-19-39-99(69)83(113)70-30-20-40-100(70)82(112)55-25-18-38-98(6)47-55)79(109)92-64(41-52-21-10-8-11-22-52)76(106)93-66(44-56-46-90-62-27-15-14-26-58(56)62)78(108)91-63(75(105)97-74)28-16-17-37-89-85(115)118-86(2,3)4;;/h8-15,18,21-27,38,43,46-47,51,58-71,73-74,90,101,103H,16-17,19-20,28-37,39-42,44-45,48-50H2,1-7H3,(H7-,89,91,92,93,94,95,96,97,105,106,107,108,109,110,111,115);2*1H/p+1/t51?,58?,59?,60?,61?,62?,63?,64?,65?,66?,67?,68?,69?,70?,71?,73?,74?,87?,88-;;/m1../s1/i;2*1+1. The summed E-state index contributed by atoms with van der Waals surface area (Å²) in [7, 11) is 5.09. The first-order valence-corrected chi connectivity index (χ1v) is 44.5. The average Bonchev–Trinajstić information content (AvgIpc) is 1.52. The average molecular weight is 1700 g/mol. The van der Waals surface area contributed by atoms with E-state index >= 15 is 43.2 Å². The number of pyridine rings is 1. The van der Waals surface area contributed by atoms with Crippen molar-refractivity contribution in [2.45, 2.75) is 228 Å². The Morgan fingerprint density at radius 3 is 2.14 bits per heavy atom. The molecular weight excluding hydrogens is 1580 g/mol. The Balaban J connectivity index is 0.00000780. The Morgan fingerprint density at radius 1 is 0.750 bits per heavy atom. The number of Topliss-reactive ketones (excluding diaryl/α,β-unsaturated/α-hetero) is 1. The number of nitrogens with one attached hydrogen (secondary N) is 9. The Morgan fingerprint density at radius 2 is 1.43 bits per heavy atom. The van der Waals surface area contributed by atoms with Crippen LogP contribution in [0.4, 0.5) is 4.79 Å². The number of likely N-dealkylation sites (tertiary alicyclic amines) is 2. The molecule has 30 nitrogen and oxygen atoms in total. The molecule has 9 aliphatic rings. The normalized spacial score (nSPS) is 30.3. The van der Waals surface area contributed by atoms with Crippen LogP contribution in [-0.2, 0) is 86.8 Å². The molecule has 3 saturated carbocycles. The van der Waals surface area contributed by atoms with Gasteiger partial charge in [-0.15, -0.1) is 0 Å². The van der Waals surface area contributed by atoms with Gasteiger partial charge in [-0.3, -0.25) is 52.7 Å². The molecule has 12 rings (SSSR count). The highest BCUT2D eigenvalue weighted by Gasteiger charge is 2.69. The largest absolute Gasteiger partial charge is 0.455 e. The topological polar surface area (TPSA) is 409 Å². The number of hydrogen-bond acceptors (Lipinski definition) is 21. The maximum Gasteiger partial charge on any atom is 0.407 e. The second kappa shape index (κ2) is 39.8. The molecule has 3 saturated heterocycles. The third-order valence-electron chi connectivity index (χ3n) is 25.3. The van der Waals surface area contributed by atoms with Crippen molar-refractivity contribution in [1.82, 2.24) is 57.7 Å². The highest BCUT2D eigenvalue weighted by Crippen LogP contribution is 2.66. The molecule has 5 aliphatic carbocycles. The fraction of sp³-hybridized carbons (Fsp3) is 0.568. The number of carbonyl (C=O) groups is 13. The van der Waals surface area contributed by atoms with Crippen molar-refractivity contribution >= 4 is 98.4 Å². The van der Waals surface area contributed by atoms with Crippen LogP contribution in [0, 0.1) is 35.0 Å². The highest BCUT2D eigenvalue weighted by molar-refractivity contribution is 8.76. The lowest BCUT2D eigenvalue weighted by Gasteiger charge is -2.57. The molecule has 0 bridgehead atoms. The molecule has 0 spiro atoms. The number of amides is 10. The van der Waals surface area contributed by atoms with Gasteiger partial charge in [0, 0.05) is 77.8 Å². The smallest absolute Gasteiger partial charge is 0.407 e. The van der Waals surface area contributed by atoms with E-state index in [0.29, 0.717) is 80.2 Å². The second-order valence-electron chi connectivity index (χ2n) is 34.5. The van der Waals surface area contributed by atoms with Crippen LogP contribution >= 0.6 is 21.6 Å². The van der Waals surface area contributed by atoms with E-state index in [1.165, 1.54) is 23.8 Å². The van der Waals surface area contributed by atoms with Gasteiger partial charge in [0.05, 0.1) is 18.2 Å². The van der Waals surface area contributed by atoms with Crippen LogP contribution in [-0.4, -0.2) is 225 Å². The van der Waals surface area contributed by atoms with Gasteiger partial charge in [0.1, 0.15) is 72.6 Å². The minimum absolute atomic E-state index is 0. The van der Waals surface area contributed by atoms with Crippen molar-refractivity contribution in [2.24, 2.45) is 42.1 Å². The lowest BCUT2D eigenvalue weighted by atomic mass is 9.49. The first-order chi connectivity index (χ1) is 57.4. The second-order valence-corrected chi connectivity index (χ2v) is 37.1. The molecule has 5 heterocycles. The van der Waals surface area contributed by atoms with Gasteiger partial charge in [0.2, 0.25) is 47.3 Å². The number of benzene rings is 2. The van der Waals surface area contributed by atoms with Crippen LogP contribution in [0.3, 0.4) is 0 Å². The minimum Gasteiger partial charge on any atom is -0.455 e. The number of carbonyl (C=O) groups excluding carboxylic acids is 13. The predicted molar refractivity (Wildman–Crippen MR) is 450 cm³/mol. The molecule has 6 fully saturated rings. The van der Waals surface area contributed by atoms with Crippen LogP contribution in [0.1, 0.15) is 155 Å². The number of aryl methyl sites for hydroxylation is 1. The Labute approximate surface area is 710 Å². The fourth-order valence-electron chi connectivity index (χ4n) is 19.3. The van der Waals surface area contributed by atoms with Crippen molar-refractivity contribution in [3.8, 4) is 0 Å². The molecule has 18 unspecified atom stereocenters. The maximum atomic E-state index is 15.7. The van der Waals surface area contributed by atoms with E-state index < -0.39 is 155 Å². The van der Waals surface area contributed by atoms with Gasteiger partial charge in [-0.05, 0) is 176 Å². The number of unbranched alkanes of at least 4 members (excludes halogenated alkanes) is 1. The van der Waals surface area contributed by atoms with Gasteiger partial charge in [-0.2, -0.15) is 0 Å². The summed E-state index contributed by atoms with van der Waals surface area (Å²) in [6.45, 7) is 7.92. The van der Waals surface area contributed by atoms with Crippen LogP contribution in [0.15, 0.2) is 133 Å². The zero-order valence-corrected chi connectivity index (χ0v) is 70.8. The molecule has 1 aromatic heterocycles. The van der Waals surface area contributed by atoms with Crippen molar-refractivity contribution in [3.05, 3.63) is 150 Å². The number of aromatic nitrogens is 1. The number of aliphatic hydroxyl groups excluding tert-OH is 2. The number of ether oxygens (including phenoxy) is 3. The molecule has 3 aromatic rings. The third-order valence-corrected chi connectivity index (χ3v) is 27.8. The SMILES string of the molecule is CO[C@@]1(C(=O)OCC(=O)C2CSSCC(NC(=O)C(Cc3ccccc3)NC(=O)C3CCCN3C(=O)C3CCCN3C(=O)c3ccc[n+](C)c3)C(=O)NC(Cc3ccccc3)C(=O)NC(CC3=CNC4C=CC=CC34)C(=O)NC(CCCCNC(=O)OC(C)(C)C)C(=O)NC(C(C)O)C(=O)N2)CCC2C3CCC4=CC(=O)CCC4C3C(O)CC21C.[2HH].[2HH]. The third kappa shape index (κ3) is 21.2. The predicted octanol–water partition coefficient (Wildman–Crippen LogP) is 4.55. The van der Waals surface area contributed by atoms with Crippen molar-refractivity contribution in [2.75, 3.05) is 44.9 Å². The highest BCUT2D eigenvalue weighted by atomic mass is 33.1. The molecular formula is C88H119N12O18S2+. The molecule has 650 valence electrons. The molecule has 11 N–H and O–H groups in total. The number of methoxy groups -OCH3 is 1. The summed E-state index contributed by atoms with van der Waals surface area (Å²) in [6.07, 6.45) is 16.0. The molecule has 10 amide bonds. The summed E-state index contributed by atoms with van der Waals surface area (Å²) < 4.78 is 19.5. The number of esters is 1. The van der Waals surface area contributed by atoms with Gasteiger partial charge in [-0.25, -0.2) is 14.2 Å². The van der Waals surface area contributed by atoms with Gasteiger partial charge < -0.3 is 82.1 Å². The fourth-order valence-corrected chi connectivity index (χ4v) is 21.7. The molecule has 19 atom stereocenters. The first-order valence-electron chi connectivity index (χ1n) is 42.1. The summed E-state index contributed by atoms with van der Waals surface area (Å²) in [6, 6.07) is 7.78.